The van der Waals surface area contributed by atoms with Crippen LogP contribution in [0.3, 0.4) is 0 Å². The molecule has 0 N–H and O–H groups in total. The summed E-state index contributed by atoms with van der Waals surface area (Å²) >= 11 is 2.73. The summed E-state index contributed by atoms with van der Waals surface area (Å²) in [5.74, 6) is 0. The zero-order valence-electron chi connectivity index (χ0n) is 3.71. The molecule has 0 aromatic carbocycles. The van der Waals surface area contributed by atoms with Crippen molar-refractivity contribution in [3.05, 3.63) is 0 Å². The van der Waals surface area contributed by atoms with E-state index in [2.05, 4.69) is 9.04 Å². The molecule has 0 aliphatic heterocycles. The molecule has 0 amide bonds. The Kier molecular flexibility index (Phi) is 5.57. The molecule has 0 heterocycles. The predicted octanol–water partition coefficient (Wildman–Crippen LogP) is 1.99. The first-order valence-corrected chi connectivity index (χ1v) is 3.74. The first kappa shape index (κ1) is 6.30. The lowest BCUT2D eigenvalue weighted by Crippen LogP contribution is -1.38. The minimum atomic E-state index is 1.36. The van der Waals surface area contributed by atoms with E-state index in [1.807, 2.05) is 12.5 Å². The van der Waals surface area contributed by atoms with Crippen LogP contribution in [-0.4, -0.2) is 12.5 Å². The van der Waals surface area contributed by atoms with Crippen molar-refractivity contribution in [2.45, 2.75) is 0 Å². The molecule has 36 valence electrons. The largest absolute Gasteiger partial charge is 0.109 e. The molecule has 6 heavy (non-hydrogen) atoms. The number of nitrogens with zero attached hydrogens (tertiary/aromatic N) is 2. The average Bonchev–Trinajstić information content (AvgIpc) is 1.61. The molecule has 0 fully saturated rings. The highest BCUT2D eigenvalue weighted by atomic mass is 32.2. The van der Waals surface area contributed by atoms with Gasteiger partial charge in [0.05, 0.1) is 0 Å². The van der Waals surface area contributed by atoms with E-state index in [-0.39, 0.29) is 0 Å². The van der Waals surface area contributed by atoms with E-state index in [0.29, 0.717) is 0 Å². The van der Waals surface area contributed by atoms with Crippen LogP contribution in [0.2, 0.25) is 0 Å². The molecule has 4 heteroatoms. The summed E-state index contributed by atoms with van der Waals surface area (Å²) in [6.45, 7) is 0. The standard InChI is InChI=1S/C2H6N2S2/c1-5-3-4-6-2/h1-2H3. The normalized spacial score (nSPS) is 10.3. The van der Waals surface area contributed by atoms with Gasteiger partial charge in [0, 0.05) is 12.5 Å². The van der Waals surface area contributed by atoms with Crippen LogP contribution in [0.5, 0.6) is 0 Å². The lowest BCUT2D eigenvalue weighted by Gasteiger charge is -1.71. The second kappa shape index (κ2) is 5.30. The monoisotopic (exact) mass is 122 g/mol. The maximum Gasteiger partial charge on any atom is 0.00555 e. The molecule has 0 spiro atoms. The third-order valence-electron chi connectivity index (χ3n) is 0.197. The summed E-state index contributed by atoms with van der Waals surface area (Å²) in [5.41, 5.74) is 0. The highest BCUT2D eigenvalue weighted by molar-refractivity contribution is 7.99. The Morgan fingerprint density at radius 2 is 1.33 bits per heavy atom. The Morgan fingerprint density at radius 1 is 1.00 bits per heavy atom. The van der Waals surface area contributed by atoms with Gasteiger partial charge in [-0.1, -0.05) is 0 Å². The fourth-order valence-corrected chi connectivity index (χ4v) is 0.600. The molecule has 2 nitrogen and oxygen atoms in total. The Labute approximate surface area is 46.1 Å². The van der Waals surface area contributed by atoms with Crippen molar-refractivity contribution >= 4 is 23.9 Å². The summed E-state index contributed by atoms with van der Waals surface area (Å²) in [6, 6.07) is 0. The van der Waals surface area contributed by atoms with Crippen molar-refractivity contribution in [3.63, 3.8) is 0 Å². The van der Waals surface area contributed by atoms with Gasteiger partial charge in [-0.15, -0.1) is 9.04 Å². The van der Waals surface area contributed by atoms with E-state index in [9.17, 15) is 0 Å². The smallest absolute Gasteiger partial charge is 0.00555 e. The first-order chi connectivity index (χ1) is 2.91. The summed E-state index contributed by atoms with van der Waals surface area (Å²) in [7, 11) is 0. The van der Waals surface area contributed by atoms with Gasteiger partial charge in [0.2, 0.25) is 0 Å². The van der Waals surface area contributed by atoms with E-state index >= 15 is 0 Å². The number of hydrogen-bond acceptors (Lipinski definition) is 4. The molecule has 0 saturated heterocycles. The molecule has 0 aromatic heterocycles. The predicted molar refractivity (Wildman–Crippen MR) is 31.9 cm³/mol. The van der Waals surface area contributed by atoms with E-state index in [1.165, 1.54) is 23.9 Å². The Balaban J connectivity index is 2.73. The molecule has 0 bridgehead atoms. The van der Waals surface area contributed by atoms with Crippen molar-refractivity contribution < 1.29 is 0 Å². The van der Waals surface area contributed by atoms with Crippen LogP contribution in [0.1, 0.15) is 0 Å². The Bertz CT molecular complexity index is 38.8. The summed E-state index contributed by atoms with van der Waals surface area (Å²) in [4.78, 5) is 0. The maximum atomic E-state index is 3.59. The third kappa shape index (κ3) is 4.30. The van der Waals surface area contributed by atoms with Crippen molar-refractivity contribution in [1.82, 2.24) is 0 Å². The van der Waals surface area contributed by atoms with Gasteiger partial charge in [-0.3, -0.25) is 0 Å². The lowest BCUT2D eigenvalue weighted by molar-refractivity contribution is 1.53. The summed E-state index contributed by atoms with van der Waals surface area (Å²) in [6.07, 6.45) is 3.75. The van der Waals surface area contributed by atoms with Crippen LogP contribution in [-0.2, 0) is 0 Å². The SMILES string of the molecule is CSN=NSC. The van der Waals surface area contributed by atoms with Gasteiger partial charge >= 0.3 is 0 Å². The summed E-state index contributed by atoms with van der Waals surface area (Å²) in [5, 5.41) is 0. The topological polar surface area (TPSA) is 24.7 Å². The molecule has 0 unspecified atom stereocenters. The van der Waals surface area contributed by atoms with Crippen LogP contribution >= 0.6 is 23.9 Å². The molecule has 0 aliphatic rings. The zero-order chi connectivity index (χ0) is 4.83. The van der Waals surface area contributed by atoms with Crippen LogP contribution in [0.15, 0.2) is 9.04 Å². The molecular weight excluding hydrogens is 116 g/mol. The summed E-state index contributed by atoms with van der Waals surface area (Å²) < 4.78 is 7.19. The molecule has 0 saturated carbocycles. The fourth-order valence-electron chi connectivity index (χ4n) is 0.0667. The molecular formula is C2H6N2S2. The van der Waals surface area contributed by atoms with Gasteiger partial charge in [0.15, 0.2) is 0 Å². The minimum absolute atomic E-state index is 1.36. The fraction of sp³-hybridized carbons (Fsp3) is 1.00. The third-order valence-corrected chi connectivity index (χ3v) is 0.790. The number of hydrogen-bond donors (Lipinski definition) is 0. The average molecular weight is 122 g/mol. The molecule has 0 atom stereocenters. The highest BCUT2D eigenvalue weighted by Gasteiger charge is 1.61. The van der Waals surface area contributed by atoms with Gasteiger partial charge in [-0.2, -0.15) is 0 Å². The Hall–Kier alpha value is 0.300. The van der Waals surface area contributed by atoms with E-state index in [0.717, 1.165) is 0 Å². The second-order valence-electron chi connectivity index (χ2n) is 0.528. The van der Waals surface area contributed by atoms with Gasteiger partial charge in [-0.25, -0.2) is 0 Å². The first-order valence-electron chi connectivity index (χ1n) is 1.38. The van der Waals surface area contributed by atoms with E-state index < -0.39 is 0 Å². The Morgan fingerprint density at radius 3 is 1.50 bits per heavy atom. The second-order valence-corrected chi connectivity index (χ2v) is 1.59. The zero-order valence-corrected chi connectivity index (χ0v) is 5.34. The minimum Gasteiger partial charge on any atom is -0.109 e. The maximum absolute atomic E-state index is 3.59. The van der Waals surface area contributed by atoms with Crippen LogP contribution < -0.4 is 0 Å². The van der Waals surface area contributed by atoms with Crippen LogP contribution in [0.25, 0.3) is 0 Å². The van der Waals surface area contributed by atoms with Crippen molar-refractivity contribution in [2.75, 3.05) is 12.5 Å². The molecule has 0 aliphatic carbocycles. The number of rotatable bonds is 2. The van der Waals surface area contributed by atoms with Crippen molar-refractivity contribution in [3.8, 4) is 0 Å². The quantitative estimate of drug-likeness (QED) is 0.413. The van der Waals surface area contributed by atoms with Gasteiger partial charge in [0.1, 0.15) is 0 Å². The molecule has 0 rings (SSSR count). The molecule has 0 radical (unpaired) electrons. The van der Waals surface area contributed by atoms with Gasteiger partial charge < -0.3 is 0 Å². The molecule has 0 aromatic rings. The van der Waals surface area contributed by atoms with Crippen molar-refractivity contribution in [1.29, 1.82) is 0 Å². The lowest BCUT2D eigenvalue weighted by atomic mass is 12.0. The van der Waals surface area contributed by atoms with Gasteiger partial charge in [0.25, 0.3) is 0 Å². The van der Waals surface area contributed by atoms with Gasteiger partial charge in [-0.05, 0) is 23.9 Å². The van der Waals surface area contributed by atoms with Crippen molar-refractivity contribution in [2.24, 2.45) is 9.04 Å². The van der Waals surface area contributed by atoms with E-state index in [1.54, 1.807) is 0 Å². The van der Waals surface area contributed by atoms with E-state index in [4.69, 9.17) is 0 Å². The van der Waals surface area contributed by atoms with Crippen LogP contribution in [0.4, 0.5) is 0 Å². The highest BCUT2D eigenvalue weighted by Crippen LogP contribution is 2.00. The van der Waals surface area contributed by atoms with Crippen LogP contribution in [0, 0.1) is 0 Å².